The van der Waals surface area contributed by atoms with Crippen molar-refractivity contribution in [2.24, 2.45) is 5.92 Å². The van der Waals surface area contributed by atoms with Gasteiger partial charge < -0.3 is 14.9 Å². The van der Waals surface area contributed by atoms with Gasteiger partial charge in [-0.3, -0.25) is 9.69 Å². The van der Waals surface area contributed by atoms with Gasteiger partial charge in [0.05, 0.1) is 0 Å². The van der Waals surface area contributed by atoms with Crippen LogP contribution in [0.5, 0.6) is 0 Å². The minimum Gasteiger partial charge on any atom is -0.462 e. The van der Waals surface area contributed by atoms with Gasteiger partial charge in [0, 0.05) is 26.6 Å². The lowest BCUT2D eigenvalue weighted by Crippen LogP contribution is -2.44. The fourth-order valence-corrected chi connectivity index (χ4v) is 1.73. The van der Waals surface area contributed by atoms with Gasteiger partial charge in [0.2, 0.25) is 0 Å². The number of rotatable bonds is 4. The molecule has 0 aromatic heterocycles. The number of carbonyl (C=O) groups excluding carboxylic acids is 1. The molecule has 0 bridgehead atoms. The number of piperidine rings is 1. The molecule has 1 saturated heterocycles. The molecule has 0 radical (unpaired) electrons. The van der Waals surface area contributed by atoms with E-state index in [1.165, 1.54) is 6.92 Å². The number of ether oxygens (including phenoxy) is 1. The van der Waals surface area contributed by atoms with Crippen LogP contribution in [0.25, 0.3) is 0 Å². The summed E-state index contributed by atoms with van der Waals surface area (Å²) in [5, 5.41) is 18.6. The van der Waals surface area contributed by atoms with E-state index in [0.29, 0.717) is 5.92 Å². The fourth-order valence-electron chi connectivity index (χ4n) is 1.73. The summed E-state index contributed by atoms with van der Waals surface area (Å²) in [5.41, 5.74) is 0. The van der Waals surface area contributed by atoms with E-state index in [1.807, 2.05) is 4.90 Å². The van der Waals surface area contributed by atoms with Gasteiger partial charge in [-0.1, -0.05) is 0 Å². The maximum Gasteiger partial charge on any atom is 0.302 e. The lowest BCUT2D eigenvalue weighted by molar-refractivity contribution is -0.149. The molecule has 1 heterocycles. The smallest absolute Gasteiger partial charge is 0.302 e. The van der Waals surface area contributed by atoms with Crippen LogP contribution in [0.3, 0.4) is 0 Å². The molecule has 0 amide bonds. The summed E-state index contributed by atoms with van der Waals surface area (Å²) in [6.45, 7) is 3.05. The van der Waals surface area contributed by atoms with Gasteiger partial charge in [-0.25, -0.2) is 0 Å². The molecule has 1 aliphatic rings. The Balaban J connectivity index is 2.23. The molecular formula is C10H19NO4. The number of hydrogen-bond acceptors (Lipinski definition) is 5. The van der Waals surface area contributed by atoms with Gasteiger partial charge in [0.25, 0.3) is 0 Å². The first-order valence-electron chi connectivity index (χ1n) is 5.29. The molecule has 2 N–H and O–H groups in total. The second-order valence-electron chi connectivity index (χ2n) is 3.95. The van der Waals surface area contributed by atoms with E-state index in [0.717, 1.165) is 25.9 Å². The maximum atomic E-state index is 10.5. The predicted octanol–water partition coefficient (Wildman–Crippen LogP) is -0.428. The van der Waals surface area contributed by atoms with E-state index in [9.17, 15) is 9.90 Å². The highest BCUT2D eigenvalue weighted by molar-refractivity contribution is 5.65. The zero-order valence-electron chi connectivity index (χ0n) is 9.06. The first-order chi connectivity index (χ1) is 7.13. The van der Waals surface area contributed by atoms with Crippen LogP contribution in [0.1, 0.15) is 19.8 Å². The Morgan fingerprint density at radius 2 is 2.13 bits per heavy atom. The van der Waals surface area contributed by atoms with E-state index in [4.69, 9.17) is 9.84 Å². The van der Waals surface area contributed by atoms with Gasteiger partial charge in [-0.2, -0.15) is 0 Å². The van der Waals surface area contributed by atoms with Crippen LogP contribution in [0.4, 0.5) is 0 Å². The summed E-state index contributed by atoms with van der Waals surface area (Å²) in [6.07, 6.45) is 1.05. The van der Waals surface area contributed by atoms with Gasteiger partial charge in [-0.05, 0) is 18.8 Å². The molecule has 1 atom stereocenters. The molecule has 0 spiro atoms. The normalized spacial score (nSPS) is 21.3. The van der Waals surface area contributed by atoms with E-state index in [2.05, 4.69) is 0 Å². The molecule has 1 aliphatic heterocycles. The molecule has 15 heavy (non-hydrogen) atoms. The quantitative estimate of drug-likeness (QED) is 0.625. The SMILES string of the molecule is CC(=O)OCC(O)N1CCC(CO)CC1. The number of likely N-dealkylation sites (tertiary alicyclic amines) is 1. The number of esters is 1. The average Bonchev–Trinajstić information content (AvgIpc) is 2.26. The van der Waals surface area contributed by atoms with Crippen LogP contribution in [-0.4, -0.2) is 53.6 Å². The third kappa shape index (κ3) is 4.15. The fraction of sp³-hybridized carbons (Fsp3) is 0.900. The summed E-state index contributed by atoms with van der Waals surface area (Å²) < 4.78 is 4.73. The van der Waals surface area contributed by atoms with Crippen molar-refractivity contribution in [1.82, 2.24) is 4.90 Å². The van der Waals surface area contributed by atoms with Crippen molar-refractivity contribution in [3.63, 3.8) is 0 Å². The molecule has 1 fully saturated rings. The number of nitrogens with zero attached hydrogens (tertiary/aromatic N) is 1. The number of carbonyl (C=O) groups is 1. The molecule has 5 nitrogen and oxygen atoms in total. The Labute approximate surface area is 89.6 Å². The summed E-state index contributed by atoms with van der Waals surface area (Å²) >= 11 is 0. The Morgan fingerprint density at radius 1 is 1.53 bits per heavy atom. The van der Waals surface area contributed by atoms with Crippen LogP contribution >= 0.6 is 0 Å². The van der Waals surface area contributed by atoms with E-state index < -0.39 is 6.23 Å². The van der Waals surface area contributed by atoms with Crippen molar-refractivity contribution in [3.05, 3.63) is 0 Å². The Hall–Kier alpha value is -0.650. The van der Waals surface area contributed by atoms with Gasteiger partial charge in [0.1, 0.15) is 12.8 Å². The summed E-state index contributed by atoms with van der Waals surface area (Å²) in [4.78, 5) is 12.4. The lowest BCUT2D eigenvalue weighted by Gasteiger charge is -2.33. The van der Waals surface area contributed by atoms with Crippen LogP contribution in [0.2, 0.25) is 0 Å². The maximum absolute atomic E-state index is 10.5. The van der Waals surface area contributed by atoms with Crippen molar-refractivity contribution in [2.75, 3.05) is 26.3 Å². The molecule has 1 rings (SSSR count). The van der Waals surface area contributed by atoms with Crippen molar-refractivity contribution in [3.8, 4) is 0 Å². The molecule has 0 aromatic rings. The lowest BCUT2D eigenvalue weighted by atomic mass is 9.98. The Bertz CT molecular complexity index is 202. The first-order valence-corrected chi connectivity index (χ1v) is 5.29. The van der Waals surface area contributed by atoms with Crippen molar-refractivity contribution in [2.45, 2.75) is 26.0 Å². The van der Waals surface area contributed by atoms with E-state index >= 15 is 0 Å². The van der Waals surface area contributed by atoms with Crippen molar-refractivity contribution in [1.29, 1.82) is 0 Å². The van der Waals surface area contributed by atoms with Crippen molar-refractivity contribution >= 4 is 5.97 Å². The van der Waals surface area contributed by atoms with Crippen molar-refractivity contribution < 1.29 is 19.7 Å². The second-order valence-corrected chi connectivity index (χ2v) is 3.95. The number of hydrogen-bond donors (Lipinski definition) is 2. The monoisotopic (exact) mass is 217 g/mol. The molecular weight excluding hydrogens is 198 g/mol. The third-order valence-electron chi connectivity index (χ3n) is 2.76. The minimum absolute atomic E-state index is 0.0269. The summed E-state index contributed by atoms with van der Waals surface area (Å²) in [5.74, 6) is -0.0264. The standard InChI is InChI=1S/C10H19NO4/c1-8(13)15-7-10(14)11-4-2-9(6-12)3-5-11/h9-10,12,14H,2-7H2,1H3. The molecule has 0 aliphatic carbocycles. The molecule has 88 valence electrons. The largest absolute Gasteiger partial charge is 0.462 e. The van der Waals surface area contributed by atoms with Gasteiger partial charge in [0.15, 0.2) is 0 Å². The summed E-state index contributed by atoms with van der Waals surface area (Å²) in [7, 11) is 0. The molecule has 1 unspecified atom stereocenters. The number of aliphatic hydroxyl groups excluding tert-OH is 2. The van der Waals surface area contributed by atoms with Gasteiger partial charge in [-0.15, -0.1) is 0 Å². The highest BCUT2D eigenvalue weighted by atomic mass is 16.5. The zero-order chi connectivity index (χ0) is 11.3. The van der Waals surface area contributed by atoms with E-state index in [1.54, 1.807) is 0 Å². The van der Waals surface area contributed by atoms with Gasteiger partial charge >= 0.3 is 5.97 Å². The second kappa shape index (κ2) is 6.05. The van der Waals surface area contributed by atoms with Crippen LogP contribution in [0, 0.1) is 5.92 Å². The van der Waals surface area contributed by atoms with Crippen LogP contribution in [0.15, 0.2) is 0 Å². The number of aliphatic hydroxyl groups is 2. The molecule has 5 heteroatoms. The topological polar surface area (TPSA) is 70.0 Å². The summed E-state index contributed by atoms with van der Waals surface area (Å²) in [6, 6.07) is 0. The van der Waals surface area contributed by atoms with Crippen LogP contribution < -0.4 is 0 Å². The highest BCUT2D eigenvalue weighted by Gasteiger charge is 2.23. The third-order valence-corrected chi connectivity index (χ3v) is 2.76. The minimum atomic E-state index is -0.714. The Kier molecular flexibility index (Phi) is 5.01. The average molecular weight is 217 g/mol. The first kappa shape index (κ1) is 12.4. The highest BCUT2D eigenvalue weighted by Crippen LogP contribution is 2.17. The zero-order valence-corrected chi connectivity index (χ0v) is 9.06. The molecule has 0 saturated carbocycles. The predicted molar refractivity (Wildman–Crippen MR) is 54.0 cm³/mol. The Morgan fingerprint density at radius 3 is 2.60 bits per heavy atom. The van der Waals surface area contributed by atoms with E-state index in [-0.39, 0.29) is 19.2 Å². The van der Waals surface area contributed by atoms with Crippen LogP contribution in [-0.2, 0) is 9.53 Å². The molecule has 0 aromatic carbocycles.